The van der Waals surface area contributed by atoms with Crippen molar-refractivity contribution >= 4 is 0 Å². The highest BCUT2D eigenvalue weighted by Crippen LogP contribution is 2.42. The fourth-order valence-corrected chi connectivity index (χ4v) is 3.73. The summed E-state index contributed by atoms with van der Waals surface area (Å²) >= 11 is 0. The minimum atomic E-state index is 0.506. The molecule has 1 saturated heterocycles. The van der Waals surface area contributed by atoms with Gasteiger partial charge in [-0.1, -0.05) is 12.2 Å². The summed E-state index contributed by atoms with van der Waals surface area (Å²) in [4.78, 5) is 2.57. The van der Waals surface area contributed by atoms with Crippen LogP contribution in [0.1, 0.15) is 25.7 Å². The van der Waals surface area contributed by atoms with Crippen molar-refractivity contribution in [3.05, 3.63) is 12.2 Å². The second kappa shape index (κ2) is 5.72. The van der Waals surface area contributed by atoms with E-state index >= 15 is 0 Å². The van der Waals surface area contributed by atoms with Gasteiger partial charge in [-0.05, 0) is 37.5 Å². The minimum Gasteiger partial charge on any atom is -0.381 e. The molecule has 3 heteroatoms. The minimum absolute atomic E-state index is 0.506. The fraction of sp³-hybridized carbons (Fsp3) is 0.867. The maximum Gasteiger partial charge on any atom is 0.0595 e. The molecule has 2 aliphatic carbocycles. The molecule has 2 fully saturated rings. The van der Waals surface area contributed by atoms with Crippen LogP contribution in [0.15, 0.2) is 12.2 Å². The van der Waals surface area contributed by atoms with Crippen molar-refractivity contribution in [2.45, 2.75) is 37.8 Å². The number of methoxy groups -OCH3 is 1. The Morgan fingerprint density at radius 2 is 2.17 bits per heavy atom. The van der Waals surface area contributed by atoms with Gasteiger partial charge < -0.3 is 15.0 Å². The molecule has 1 heterocycles. The highest BCUT2D eigenvalue weighted by molar-refractivity contribution is 5.12. The Morgan fingerprint density at radius 1 is 1.33 bits per heavy atom. The number of nitrogens with zero attached hydrogens (tertiary/aromatic N) is 1. The molecular weight excluding hydrogens is 224 g/mol. The number of piperidine rings is 1. The third kappa shape index (κ3) is 2.63. The molecule has 0 aromatic heterocycles. The van der Waals surface area contributed by atoms with E-state index < -0.39 is 0 Å². The van der Waals surface area contributed by atoms with Crippen LogP contribution in [0.25, 0.3) is 0 Å². The van der Waals surface area contributed by atoms with E-state index in [1.807, 2.05) is 7.11 Å². The molecule has 0 radical (unpaired) electrons. The van der Waals surface area contributed by atoms with Gasteiger partial charge in [0.2, 0.25) is 0 Å². The molecule has 0 amide bonds. The first-order chi connectivity index (χ1) is 8.86. The molecule has 0 aromatic carbocycles. The number of allylic oxidation sites excluding steroid dienone is 2. The monoisotopic (exact) mass is 250 g/mol. The largest absolute Gasteiger partial charge is 0.381 e. The summed E-state index contributed by atoms with van der Waals surface area (Å²) in [5.74, 6) is 1.82. The molecule has 1 N–H and O–H groups in total. The van der Waals surface area contributed by atoms with E-state index in [0.29, 0.717) is 6.10 Å². The molecule has 0 spiro atoms. The van der Waals surface area contributed by atoms with Crippen LogP contribution in [0, 0.1) is 11.8 Å². The van der Waals surface area contributed by atoms with Crippen LogP contribution in [0.2, 0.25) is 0 Å². The Hall–Kier alpha value is -0.380. The molecule has 18 heavy (non-hydrogen) atoms. The summed E-state index contributed by atoms with van der Waals surface area (Å²) in [5.41, 5.74) is 0. The predicted octanol–water partition coefficient (Wildman–Crippen LogP) is 1.65. The Labute approximate surface area is 111 Å². The number of rotatable bonds is 5. The number of hydrogen-bond acceptors (Lipinski definition) is 3. The van der Waals surface area contributed by atoms with E-state index in [4.69, 9.17) is 4.74 Å². The molecular formula is C15H26N2O. The fourth-order valence-electron chi connectivity index (χ4n) is 3.73. The van der Waals surface area contributed by atoms with Crippen molar-refractivity contribution < 1.29 is 4.74 Å². The zero-order chi connectivity index (χ0) is 12.4. The maximum atomic E-state index is 5.41. The third-order valence-electron chi connectivity index (χ3n) is 5.09. The average molecular weight is 250 g/mol. The van der Waals surface area contributed by atoms with Gasteiger partial charge >= 0.3 is 0 Å². The Bertz CT molecular complexity index is 297. The standard InChI is InChI=1S/C15H26N2O/c1-18-13-5-8-17(9-6-13)10-7-16-15-11-12-3-2-4-14(12)15/h2-3,12-16H,4-11H2,1H3/t12-,14-,15?/m0/s1. The lowest BCUT2D eigenvalue weighted by molar-refractivity contribution is 0.0403. The molecule has 3 aliphatic rings. The lowest BCUT2D eigenvalue weighted by Gasteiger charge is -2.41. The third-order valence-corrected chi connectivity index (χ3v) is 5.09. The topological polar surface area (TPSA) is 24.5 Å². The Morgan fingerprint density at radius 3 is 2.89 bits per heavy atom. The summed E-state index contributed by atoms with van der Waals surface area (Å²) in [6, 6.07) is 0.793. The van der Waals surface area contributed by atoms with Gasteiger partial charge in [0.25, 0.3) is 0 Å². The van der Waals surface area contributed by atoms with Gasteiger partial charge in [0.05, 0.1) is 6.10 Å². The highest BCUT2D eigenvalue weighted by Gasteiger charge is 2.40. The zero-order valence-electron chi connectivity index (χ0n) is 11.5. The summed E-state index contributed by atoms with van der Waals surface area (Å²) in [6.07, 6.45) is 10.4. The van der Waals surface area contributed by atoms with Gasteiger partial charge in [-0.25, -0.2) is 0 Å². The smallest absolute Gasteiger partial charge is 0.0595 e. The molecule has 0 bridgehead atoms. The number of likely N-dealkylation sites (tertiary alicyclic amines) is 1. The summed E-state index contributed by atoms with van der Waals surface area (Å²) in [5, 5.41) is 3.75. The zero-order valence-corrected chi connectivity index (χ0v) is 11.5. The molecule has 3 rings (SSSR count). The molecule has 1 unspecified atom stereocenters. The van der Waals surface area contributed by atoms with E-state index in [0.717, 1.165) is 24.4 Å². The molecule has 0 aromatic rings. The first-order valence-corrected chi connectivity index (χ1v) is 7.52. The lowest BCUT2D eigenvalue weighted by Crippen LogP contribution is -2.50. The molecule has 3 nitrogen and oxygen atoms in total. The van der Waals surface area contributed by atoms with Gasteiger partial charge in [-0.3, -0.25) is 0 Å². The van der Waals surface area contributed by atoms with E-state index in [2.05, 4.69) is 22.4 Å². The quantitative estimate of drug-likeness (QED) is 0.751. The molecule has 3 atom stereocenters. The van der Waals surface area contributed by atoms with Gasteiger partial charge in [-0.15, -0.1) is 0 Å². The van der Waals surface area contributed by atoms with Crippen molar-refractivity contribution in [3.63, 3.8) is 0 Å². The summed E-state index contributed by atoms with van der Waals surface area (Å²) in [7, 11) is 1.84. The first-order valence-electron chi connectivity index (χ1n) is 7.52. The van der Waals surface area contributed by atoms with Crippen LogP contribution in [-0.2, 0) is 4.74 Å². The van der Waals surface area contributed by atoms with Crippen molar-refractivity contribution in [3.8, 4) is 0 Å². The van der Waals surface area contributed by atoms with Gasteiger partial charge in [0.1, 0.15) is 0 Å². The van der Waals surface area contributed by atoms with Crippen molar-refractivity contribution in [2.75, 3.05) is 33.3 Å². The average Bonchev–Trinajstić information content (AvgIpc) is 2.77. The van der Waals surface area contributed by atoms with Crippen LogP contribution >= 0.6 is 0 Å². The molecule has 1 saturated carbocycles. The van der Waals surface area contributed by atoms with E-state index in [1.165, 1.54) is 45.3 Å². The number of hydrogen-bond donors (Lipinski definition) is 1. The van der Waals surface area contributed by atoms with E-state index in [1.54, 1.807) is 0 Å². The SMILES string of the molecule is COC1CCN(CCNC2C[C@@H]3C=CC[C@H]23)CC1. The molecule has 1 aliphatic heterocycles. The second-order valence-electron chi connectivity index (χ2n) is 6.06. The number of ether oxygens (including phenoxy) is 1. The first kappa shape index (κ1) is 12.6. The lowest BCUT2D eigenvalue weighted by atomic mass is 9.71. The number of fused-ring (bicyclic) bond motifs is 1. The predicted molar refractivity (Wildman–Crippen MR) is 73.6 cm³/mol. The summed E-state index contributed by atoms with van der Waals surface area (Å²) < 4.78 is 5.41. The van der Waals surface area contributed by atoms with Crippen LogP contribution in [-0.4, -0.2) is 50.3 Å². The van der Waals surface area contributed by atoms with Crippen molar-refractivity contribution in [2.24, 2.45) is 11.8 Å². The van der Waals surface area contributed by atoms with Crippen LogP contribution in [0.4, 0.5) is 0 Å². The normalized spacial score (nSPS) is 36.6. The van der Waals surface area contributed by atoms with Gasteiger partial charge in [-0.2, -0.15) is 0 Å². The second-order valence-corrected chi connectivity index (χ2v) is 6.06. The van der Waals surface area contributed by atoms with Gasteiger partial charge in [0.15, 0.2) is 0 Å². The van der Waals surface area contributed by atoms with Gasteiger partial charge in [0, 0.05) is 39.3 Å². The highest BCUT2D eigenvalue weighted by atomic mass is 16.5. The Kier molecular flexibility index (Phi) is 4.02. The summed E-state index contributed by atoms with van der Waals surface area (Å²) in [6.45, 7) is 4.78. The molecule has 102 valence electrons. The van der Waals surface area contributed by atoms with Crippen LogP contribution in [0.3, 0.4) is 0 Å². The Balaban J connectivity index is 1.29. The van der Waals surface area contributed by atoms with Crippen molar-refractivity contribution in [1.29, 1.82) is 0 Å². The van der Waals surface area contributed by atoms with Crippen LogP contribution < -0.4 is 5.32 Å². The maximum absolute atomic E-state index is 5.41. The van der Waals surface area contributed by atoms with E-state index in [-0.39, 0.29) is 0 Å². The number of nitrogens with one attached hydrogen (secondary N) is 1. The van der Waals surface area contributed by atoms with E-state index in [9.17, 15) is 0 Å². The van der Waals surface area contributed by atoms with Crippen molar-refractivity contribution in [1.82, 2.24) is 10.2 Å². The van der Waals surface area contributed by atoms with Crippen LogP contribution in [0.5, 0.6) is 0 Å².